The maximum atomic E-state index is 6.15. The quantitative estimate of drug-likeness (QED) is 0.914. The third-order valence-corrected chi connectivity index (χ3v) is 3.12. The first-order valence-corrected chi connectivity index (χ1v) is 6.18. The number of rotatable bonds is 4. The van der Waals surface area contributed by atoms with Crippen LogP contribution >= 0.6 is 11.6 Å². The third kappa shape index (κ3) is 2.93. The van der Waals surface area contributed by atoms with Gasteiger partial charge in [0, 0.05) is 25.7 Å². The van der Waals surface area contributed by atoms with Gasteiger partial charge in [-0.25, -0.2) is 4.98 Å². The average Bonchev–Trinajstić information content (AvgIpc) is 2.41. The molecule has 0 aliphatic heterocycles. The Kier molecular flexibility index (Phi) is 4.05. The van der Waals surface area contributed by atoms with E-state index in [0.29, 0.717) is 0 Å². The lowest BCUT2D eigenvalue weighted by molar-refractivity contribution is 0.899. The Labute approximate surface area is 112 Å². The van der Waals surface area contributed by atoms with Crippen molar-refractivity contribution in [2.75, 3.05) is 24.3 Å². The van der Waals surface area contributed by atoms with Gasteiger partial charge in [0.2, 0.25) is 0 Å². The van der Waals surface area contributed by atoms with Crippen molar-refractivity contribution in [2.24, 2.45) is 0 Å². The SMILES string of the molecule is CNc1cccc(N(C)Cc2ccccc2Cl)n1. The summed E-state index contributed by atoms with van der Waals surface area (Å²) in [6.45, 7) is 0.736. The van der Waals surface area contributed by atoms with Crippen molar-refractivity contribution >= 4 is 23.2 Å². The fourth-order valence-corrected chi connectivity index (χ4v) is 1.93. The molecule has 0 spiro atoms. The minimum absolute atomic E-state index is 0.736. The van der Waals surface area contributed by atoms with E-state index in [1.807, 2.05) is 56.6 Å². The van der Waals surface area contributed by atoms with Crippen LogP contribution in [0, 0.1) is 0 Å². The summed E-state index contributed by atoms with van der Waals surface area (Å²) in [5, 5.41) is 3.82. The molecular formula is C14H16ClN3. The molecule has 94 valence electrons. The molecule has 2 rings (SSSR count). The van der Waals surface area contributed by atoms with Crippen LogP contribution in [0.2, 0.25) is 5.02 Å². The standard InChI is InChI=1S/C14H16ClN3/c1-16-13-8-5-9-14(17-13)18(2)10-11-6-3-4-7-12(11)15/h3-9H,10H2,1-2H3,(H,16,17). The van der Waals surface area contributed by atoms with E-state index in [1.165, 1.54) is 0 Å². The molecule has 2 aromatic rings. The molecule has 3 nitrogen and oxygen atoms in total. The Bertz CT molecular complexity index is 528. The second kappa shape index (κ2) is 5.74. The Hall–Kier alpha value is -1.74. The maximum Gasteiger partial charge on any atom is 0.130 e. The molecule has 0 fully saturated rings. The van der Waals surface area contributed by atoms with E-state index in [0.717, 1.165) is 28.8 Å². The summed E-state index contributed by atoms with van der Waals surface area (Å²) in [6, 6.07) is 13.8. The molecule has 0 aliphatic rings. The lowest BCUT2D eigenvalue weighted by Gasteiger charge is -2.19. The van der Waals surface area contributed by atoms with Crippen LogP contribution in [0.15, 0.2) is 42.5 Å². The molecular weight excluding hydrogens is 246 g/mol. The Balaban J connectivity index is 2.16. The fraction of sp³-hybridized carbons (Fsp3) is 0.214. The molecule has 1 heterocycles. The topological polar surface area (TPSA) is 28.2 Å². The third-order valence-electron chi connectivity index (χ3n) is 2.75. The molecule has 18 heavy (non-hydrogen) atoms. The summed E-state index contributed by atoms with van der Waals surface area (Å²) < 4.78 is 0. The van der Waals surface area contributed by atoms with E-state index in [1.54, 1.807) is 0 Å². The van der Waals surface area contributed by atoms with Crippen LogP contribution in [-0.2, 0) is 6.54 Å². The van der Waals surface area contributed by atoms with Crippen LogP contribution < -0.4 is 10.2 Å². The van der Waals surface area contributed by atoms with Gasteiger partial charge < -0.3 is 10.2 Å². The average molecular weight is 262 g/mol. The first-order valence-electron chi connectivity index (χ1n) is 5.80. The van der Waals surface area contributed by atoms with Gasteiger partial charge in [-0.3, -0.25) is 0 Å². The van der Waals surface area contributed by atoms with E-state index in [9.17, 15) is 0 Å². The van der Waals surface area contributed by atoms with Crippen LogP contribution in [0.3, 0.4) is 0 Å². The predicted molar refractivity (Wildman–Crippen MR) is 77.3 cm³/mol. The van der Waals surface area contributed by atoms with Crippen LogP contribution in [-0.4, -0.2) is 19.1 Å². The molecule has 0 unspecified atom stereocenters. The van der Waals surface area contributed by atoms with Crippen LogP contribution in [0.4, 0.5) is 11.6 Å². The highest BCUT2D eigenvalue weighted by Gasteiger charge is 2.06. The van der Waals surface area contributed by atoms with Crippen molar-refractivity contribution in [3.8, 4) is 0 Å². The normalized spacial score (nSPS) is 10.2. The minimum Gasteiger partial charge on any atom is -0.373 e. The number of nitrogens with one attached hydrogen (secondary N) is 1. The molecule has 0 radical (unpaired) electrons. The number of halogens is 1. The van der Waals surface area contributed by atoms with Gasteiger partial charge in [-0.05, 0) is 23.8 Å². The number of hydrogen-bond donors (Lipinski definition) is 1. The summed E-state index contributed by atoms with van der Waals surface area (Å²) in [7, 11) is 3.87. The Morgan fingerprint density at radius 2 is 1.94 bits per heavy atom. The molecule has 0 amide bonds. The van der Waals surface area contributed by atoms with Gasteiger partial charge in [0.25, 0.3) is 0 Å². The zero-order valence-electron chi connectivity index (χ0n) is 10.5. The molecule has 0 aliphatic carbocycles. The van der Waals surface area contributed by atoms with Crippen molar-refractivity contribution in [1.29, 1.82) is 0 Å². The second-order valence-corrected chi connectivity index (χ2v) is 4.49. The summed E-state index contributed by atoms with van der Waals surface area (Å²) >= 11 is 6.15. The highest BCUT2D eigenvalue weighted by Crippen LogP contribution is 2.20. The lowest BCUT2D eigenvalue weighted by Crippen LogP contribution is -2.18. The molecule has 1 aromatic heterocycles. The van der Waals surface area contributed by atoms with Gasteiger partial charge in [0.1, 0.15) is 11.6 Å². The van der Waals surface area contributed by atoms with Gasteiger partial charge >= 0.3 is 0 Å². The predicted octanol–water partition coefficient (Wildman–Crippen LogP) is 3.41. The molecule has 0 saturated carbocycles. The number of anilines is 2. The van der Waals surface area contributed by atoms with E-state index < -0.39 is 0 Å². The Morgan fingerprint density at radius 1 is 1.17 bits per heavy atom. The van der Waals surface area contributed by atoms with E-state index in [2.05, 4.69) is 15.2 Å². The number of aromatic nitrogens is 1. The minimum atomic E-state index is 0.736. The first-order chi connectivity index (χ1) is 8.70. The largest absolute Gasteiger partial charge is 0.373 e. The highest BCUT2D eigenvalue weighted by molar-refractivity contribution is 6.31. The number of nitrogens with zero attached hydrogens (tertiary/aromatic N) is 2. The Morgan fingerprint density at radius 3 is 2.67 bits per heavy atom. The highest BCUT2D eigenvalue weighted by atomic mass is 35.5. The molecule has 4 heteroatoms. The summed E-state index contributed by atoms with van der Waals surface area (Å²) in [5.74, 6) is 1.78. The maximum absolute atomic E-state index is 6.15. The number of pyridine rings is 1. The number of benzene rings is 1. The van der Waals surface area contributed by atoms with Crippen molar-refractivity contribution in [3.05, 3.63) is 53.1 Å². The summed E-state index contributed by atoms with van der Waals surface area (Å²) in [6.07, 6.45) is 0. The van der Waals surface area contributed by atoms with E-state index in [4.69, 9.17) is 11.6 Å². The van der Waals surface area contributed by atoms with Crippen molar-refractivity contribution in [2.45, 2.75) is 6.54 Å². The number of hydrogen-bond acceptors (Lipinski definition) is 3. The molecule has 1 aromatic carbocycles. The van der Waals surface area contributed by atoms with Crippen molar-refractivity contribution < 1.29 is 0 Å². The van der Waals surface area contributed by atoms with Gasteiger partial charge in [-0.15, -0.1) is 0 Å². The first kappa shape index (κ1) is 12.7. The smallest absolute Gasteiger partial charge is 0.130 e. The second-order valence-electron chi connectivity index (χ2n) is 4.08. The van der Waals surface area contributed by atoms with Crippen molar-refractivity contribution in [1.82, 2.24) is 4.98 Å². The fourth-order valence-electron chi connectivity index (χ4n) is 1.74. The van der Waals surface area contributed by atoms with Gasteiger partial charge in [0.05, 0.1) is 0 Å². The summed E-state index contributed by atoms with van der Waals surface area (Å²) in [5.41, 5.74) is 1.10. The van der Waals surface area contributed by atoms with Gasteiger partial charge in [0.15, 0.2) is 0 Å². The van der Waals surface area contributed by atoms with Crippen LogP contribution in [0.25, 0.3) is 0 Å². The summed E-state index contributed by atoms with van der Waals surface area (Å²) in [4.78, 5) is 6.56. The van der Waals surface area contributed by atoms with Gasteiger partial charge in [-0.2, -0.15) is 0 Å². The van der Waals surface area contributed by atoms with E-state index >= 15 is 0 Å². The molecule has 0 atom stereocenters. The van der Waals surface area contributed by atoms with Gasteiger partial charge in [-0.1, -0.05) is 35.9 Å². The lowest BCUT2D eigenvalue weighted by atomic mass is 10.2. The van der Waals surface area contributed by atoms with Crippen LogP contribution in [0.5, 0.6) is 0 Å². The molecule has 0 saturated heterocycles. The molecule has 1 N–H and O–H groups in total. The van der Waals surface area contributed by atoms with Crippen LogP contribution in [0.1, 0.15) is 5.56 Å². The zero-order valence-corrected chi connectivity index (χ0v) is 11.3. The molecule has 0 bridgehead atoms. The van der Waals surface area contributed by atoms with Crippen molar-refractivity contribution in [3.63, 3.8) is 0 Å². The monoisotopic (exact) mass is 261 g/mol. The van der Waals surface area contributed by atoms with E-state index in [-0.39, 0.29) is 0 Å². The zero-order chi connectivity index (χ0) is 13.0.